The molecule has 1 aliphatic rings. The van der Waals surface area contributed by atoms with Gasteiger partial charge in [-0.1, -0.05) is 5.16 Å². The van der Waals surface area contributed by atoms with Crippen LogP contribution in [0.1, 0.15) is 28.4 Å². The van der Waals surface area contributed by atoms with Gasteiger partial charge in [-0.15, -0.1) is 11.3 Å². The molecule has 1 amide bonds. The predicted octanol–water partition coefficient (Wildman–Crippen LogP) is 2.82. The molecule has 0 radical (unpaired) electrons. The standard InChI is InChI=1S/C24H26N6O3S/c1-16-12-19(18(3)30(16)21-13-17(2)33-26-21)4-5-22(31)28-8-6-27(7-9-28)15-20-14-23(32)29-10-11-34-24(29)25-20/h4-5,10-14H,6-9,15H2,1-3H3/b5-4+. The molecule has 0 saturated carbocycles. The molecule has 9 nitrogen and oxygen atoms in total. The average molecular weight is 479 g/mol. The number of aryl methyl sites for hydroxylation is 2. The first kappa shape index (κ1) is 22.3. The second kappa shape index (κ2) is 9.03. The maximum Gasteiger partial charge on any atom is 0.258 e. The van der Waals surface area contributed by atoms with Crippen LogP contribution in [0.25, 0.3) is 16.9 Å². The average Bonchev–Trinajstić information content (AvgIpc) is 3.52. The number of carbonyl (C=O) groups is 1. The van der Waals surface area contributed by atoms with E-state index in [0.717, 1.165) is 47.3 Å². The van der Waals surface area contributed by atoms with E-state index in [4.69, 9.17) is 4.52 Å². The number of hydrogen-bond donors (Lipinski definition) is 0. The Morgan fingerprint density at radius 3 is 2.68 bits per heavy atom. The molecule has 34 heavy (non-hydrogen) atoms. The Hall–Kier alpha value is -3.50. The molecule has 0 unspecified atom stereocenters. The molecule has 0 N–H and O–H groups in total. The van der Waals surface area contributed by atoms with E-state index in [1.54, 1.807) is 22.7 Å². The van der Waals surface area contributed by atoms with Gasteiger partial charge in [-0.25, -0.2) is 4.98 Å². The third-order valence-corrected chi connectivity index (χ3v) is 6.90. The van der Waals surface area contributed by atoms with Crippen LogP contribution in [-0.2, 0) is 11.3 Å². The van der Waals surface area contributed by atoms with Crippen molar-refractivity contribution in [3.63, 3.8) is 0 Å². The maximum absolute atomic E-state index is 12.8. The summed E-state index contributed by atoms with van der Waals surface area (Å²) in [6.45, 7) is 9.25. The van der Waals surface area contributed by atoms with Crippen LogP contribution >= 0.6 is 11.3 Å². The van der Waals surface area contributed by atoms with Gasteiger partial charge in [-0.2, -0.15) is 0 Å². The zero-order chi connectivity index (χ0) is 23.8. The smallest absolute Gasteiger partial charge is 0.258 e. The number of fused-ring (bicyclic) bond motifs is 1. The Bertz CT molecular complexity index is 1430. The van der Waals surface area contributed by atoms with Crippen molar-refractivity contribution in [3.8, 4) is 5.82 Å². The van der Waals surface area contributed by atoms with Crippen LogP contribution in [0.15, 0.2) is 45.2 Å². The minimum atomic E-state index is -0.0572. The van der Waals surface area contributed by atoms with E-state index >= 15 is 0 Å². The largest absolute Gasteiger partial charge is 0.360 e. The molecule has 176 valence electrons. The molecule has 0 spiro atoms. The molecule has 5 heterocycles. The second-order valence-electron chi connectivity index (χ2n) is 8.53. The third kappa shape index (κ3) is 4.34. The van der Waals surface area contributed by atoms with Gasteiger partial charge in [0, 0.05) is 73.9 Å². The first-order valence-electron chi connectivity index (χ1n) is 11.2. The summed E-state index contributed by atoms with van der Waals surface area (Å²) in [6, 6.07) is 5.53. The summed E-state index contributed by atoms with van der Waals surface area (Å²) in [5.41, 5.74) is 3.72. The fourth-order valence-corrected chi connectivity index (χ4v) is 5.10. The van der Waals surface area contributed by atoms with Gasteiger partial charge in [0.25, 0.3) is 5.56 Å². The third-order valence-electron chi connectivity index (χ3n) is 6.15. The van der Waals surface area contributed by atoms with Gasteiger partial charge < -0.3 is 9.42 Å². The number of thiazole rings is 1. The lowest BCUT2D eigenvalue weighted by molar-refractivity contribution is -0.127. The van der Waals surface area contributed by atoms with Crippen molar-refractivity contribution in [3.05, 3.63) is 74.6 Å². The van der Waals surface area contributed by atoms with Gasteiger partial charge >= 0.3 is 0 Å². The van der Waals surface area contributed by atoms with Crippen LogP contribution in [0.3, 0.4) is 0 Å². The van der Waals surface area contributed by atoms with E-state index in [0.29, 0.717) is 24.6 Å². The SMILES string of the molecule is Cc1cc(-n2c(C)cc(/C=C/C(=O)N3CCN(Cc4cc(=O)n5ccsc5n4)CC3)c2C)no1. The van der Waals surface area contributed by atoms with Gasteiger partial charge in [-0.3, -0.25) is 23.5 Å². The van der Waals surface area contributed by atoms with E-state index in [-0.39, 0.29) is 11.5 Å². The molecule has 1 saturated heterocycles. The van der Waals surface area contributed by atoms with Crippen LogP contribution in [0.4, 0.5) is 0 Å². The molecule has 0 atom stereocenters. The van der Waals surface area contributed by atoms with Crippen LogP contribution in [0.2, 0.25) is 0 Å². The highest BCUT2D eigenvalue weighted by Gasteiger charge is 2.21. The summed E-state index contributed by atoms with van der Waals surface area (Å²) in [6.07, 6.45) is 5.25. The summed E-state index contributed by atoms with van der Waals surface area (Å²) in [5.74, 6) is 1.49. The quantitative estimate of drug-likeness (QED) is 0.410. The molecule has 4 aromatic rings. The molecular weight excluding hydrogens is 452 g/mol. The van der Waals surface area contributed by atoms with Crippen molar-refractivity contribution >= 4 is 28.3 Å². The lowest BCUT2D eigenvalue weighted by Gasteiger charge is -2.34. The van der Waals surface area contributed by atoms with E-state index < -0.39 is 0 Å². The Morgan fingerprint density at radius 1 is 1.15 bits per heavy atom. The zero-order valence-corrected chi connectivity index (χ0v) is 20.2. The topological polar surface area (TPSA) is 88.9 Å². The van der Waals surface area contributed by atoms with Gasteiger partial charge in [-0.05, 0) is 38.5 Å². The Balaban J connectivity index is 1.20. The molecule has 1 fully saturated rings. The summed E-state index contributed by atoms with van der Waals surface area (Å²) in [7, 11) is 0. The molecule has 0 aliphatic carbocycles. The Labute approximate surface area is 200 Å². The van der Waals surface area contributed by atoms with Crippen LogP contribution in [-0.4, -0.2) is 61.0 Å². The monoisotopic (exact) mass is 478 g/mol. The first-order valence-corrected chi connectivity index (χ1v) is 12.0. The second-order valence-corrected chi connectivity index (χ2v) is 9.41. The Morgan fingerprint density at radius 2 is 1.94 bits per heavy atom. The number of rotatable bonds is 5. The molecule has 0 bridgehead atoms. The normalized spacial score (nSPS) is 15.1. The van der Waals surface area contributed by atoms with E-state index in [9.17, 15) is 9.59 Å². The summed E-state index contributed by atoms with van der Waals surface area (Å²) in [5, 5.41) is 5.96. The highest BCUT2D eigenvalue weighted by atomic mass is 32.1. The summed E-state index contributed by atoms with van der Waals surface area (Å²) >= 11 is 1.45. The van der Waals surface area contributed by atoms with Crippen molar-refractivity contribution in [2.45, 2.75) is 27.3 Å². The van der Waals surface area contributed by atoms with Crippen molar-refractivity contribution in [2.75, 3.05) is 26.2 Å². The molecule has 10 heteroatoms. The van der Waals surface area contributed by atoms with Crippen molar-refractivity contribution in [2.24, 2.45) is 0 Å². The van der Waals surface area contributed by atoms with E-state index in [1.807, 2.05) is 53.8 Å². The molecular formula is C24H26N6O3S. The highest BCUT2D eigenvalue weighted by Crippen LogP contribution is 2.22. The first-order chi connectivity index (χ1) is 16.4. The number of hydrogen-bond acceptors (Lipinski definition) is 7. The van der Waals surface area contributed by atoms with Crippen molar-refractivity contribution in [1.29, 1.82) is 0 Å². The fraction of sp³-hybridized carbons (Fsp3) is 0.333. The number of nitrogens with zero attached hydrogens (tertiary/aromatic N) is 6. The number of aromatic nitrogens is 4. The van der Waals surface area contributed by atoms with Crippen molar-refractivity contribution in [1.82, 2.24) is 28.9 Å². The van der Waals surface area contributed by atoms with Crippen LogP contribution in [0, 0.1) is 20.8 Å². The molecule has 5 rings (SSSR count). The zero-order valence-electron chi connectivity index (χ0n) is 19.4. The minimum absolute atomic E-state index is 0.00175. The summed E-state index contributed by atoms with van der Waals surface area (Å²) in [4.78, 5) is 34.4. The van der Waals surface area contributed by atoms with E-state index in [1.165, 1.54) is 11.3 Å². The molecule has 0 aromatic carbocycles. The number of piperazine rings is 1. The van der Waals surface area contributed by atoms with Crippen LogP contribution in [0.5, 0.6) is 0 Å². The van der Waals surface area contributed by atoms with Gasteiger partial charge in [0.2, 0.25) is 5.91 Å². The maximum atomic E-state index is 12.8. The summed E-state index contributed by atoms with van der Waals surface area (Å²) < 4.78 is 8.79. The molecule has 4 aromatic heterocycles. The lowest BCUT2D eigenvalue weighted by atomic mass is 10.2. The van der Waals surface area contributed by atoms with Gasteiger partial charge in [0.1, 0.15) is 5.76 Å². The number of amides is 1. The Kier molecular flexibility index (Phi) is 5.93. The van der Waals surface area contributed by atoms with Crippen LogP contribution < -0.4 is 5.56 Å². The van der Waals surface area contributed by atoms with Crippen molar-refractivity contribution < 1.29 is 9.32 Å². The van der Waals surface area contributed by atoms with Gasteiger partial charge in [0.15, 0.2) is 10.8 Å². The highest BCUT2D eigenvalue weighted by molar-refractivity contribution is 7.15. The predicted molar refractivity (Wildman–Crippen MR) is 130 cm³/mol. The van der Waals surface area contributed by atoms with E-state index in [2.05, 4.69) is 15.0 Å². The fourth-order valence-electron chi connectivity index (χ4n) is 4.36. The molecule has 1 aliphatic heterocycles. The number of carbonyl (C=O) groups excluding carboxylic acids is 1. The van der Waals surface area contributed by atoms with Gasteiger partial charge in [0.05, 0.1) is 5.69 Å². The minimum Gasteiger partial charge on any atom is -0.360 e. The lowest BCUT2D eigenvalue weighted by Crippen LogP contribution is -2.48.